The molecule has 1 atom stereocenters. The summed E-state index contributed by atoms with van der Waals surface area (Å²) in [6.07, 6.45) is 3.10. The van der Waals surface area contributed by atoms with Gasteiger partial charge in [-0.25, -0.2) is 4.39 Å². The van der Waals surface area contributed by atoms with E-state index in [2.05, 4.69) is 15.6 Å². The molecule has 3 N–H and O–H groups in total. The average Bonchev–Trinajstić information content (AvgIpc) is 2.62. The van der Waals surface area contributed by atoms with E-state index in [1.807, 2.05) is 0 Å². The zero-order valence-corrected chi connectivity index (χ0v) is 12.5. The van der Waals surface area contributed by atoms with Gasteiger partial charge in [0, 0.05) is 18.1 Å². The van der Waals surface area contributed by atoms with Gasteiger partial charge in [0.25, 0.3) is 10.9 Å². The number of hydrogen-bond donors (Lipinski definition) is 3. The third-order valence-electron chi connectivity index (χ3n) is 3.63. The molecule has 0 saturated carbocycles. The second kappa shape index (κ2) is 6.59. The van der Waals surface area contributed by atoms with Gasteiger partial charge in [0.1, 0.15) is 17.2 Å². The molecular weight excluding hydrogens is 313 g/mol. The van der Waals surface area contributed by atoms with Crippen molar-refractivity contribution < 1.29 is 9.50 Å². The third-order valence-corrected chi connectivity index (χ3v) is 3.63. The number of nitrogens with zero attached hydrogens (tertiary/aromatic N) is 1. The maximum absolute atomic E-state index is 13.0. The van der Waals surface area contributed by atoms with Crippen molar-refractivity contribution in [2.75, 3.05) is 17.2 Å². The van der Waals surface area contributed by atoms with Gasteiger partial charge < -0.3 is 15.7 Å². The molecule has 0 bridgehead atoms. The van der Waals surface area contributed by atoms with Gasteiger partial charge in [-0.05, 0) is 29.8 Å². The van der Waals surface area contributed by atoms with Crippen LogP contribution in [0.1, 0.15) is 11.6 Å². The lowest BCUT2D eigenvalue weighted by Crippen LogP contribution is -2.37. The van der Waals surface area contributed by atoms with Gasteiger partial charge in [0.2, 0.25) is 0 Å². The minimum Gasteiger partial charge on any atom is -0.394 e. The maximum atomic E-state index is 13.0. The molecule has 2 aromatic carbocycles. The smallest absolute Gasteiger partial charge is 0.253 e. The van der Waals surface area contributed by atoms with E-state index in [1.165, 1.54) is 24.3 Å². The molecule has 122 valence electrons. The Balaban J connectivity index is 1.84. The van der Waals surface area contributed by atoms with E-state index < -0.39 is 22.7 Å². The molecule has 0 saturated heterocycles. The molecule has 3 aromatic rings. The Morgan fingerprint density at radius 1 is 1.00 bits per heavy atom. The Hall–Kier alpha value is -3.06. The molecule has 3 rings (SSSR count). The van der Waals surface area contributed by atoms with Crippen LogP contribution in [0.15, 0.2) is 58.4 Å². The number of rotatable bonds is 6. The van der Waals surface area contributed by atoms with Gasteiger partial charge in [-0.15, -0.1) is 0 Å². The molecule has 1 aromatic heterocycles. The van der Waals surface area contributed by atoms with E-state index in [0.717, 1.165) is 0 Å². The van der Waals surface area contributed by atoms with Crippen molar-refractivity contribution in [3.8, 4) is 0 Å². The third kappa shape index (κ3) is 3.02. The monoisotopic (exact) mass is 327 g/mol. The van der Waals surface area contributed by atoms with Crippen LogP contribution in [0.4, 0.5) is 21.5 Å². The molecule has 0 aliphatic rings. The van der Waals surface area contributed by atoms with Gasteiger partial charge >= 0.3 is 0 Å². The summed E-state index contributed by atoms with van der Waals surface area (Å²) < 4.78 is 13.0. The second-order valence-electron chi connectivity index (χ2n) is 5.20. The molecule has 0 fully saturated rings. The van der Waals surface area contributed by atoms with Crippen LogP contribution in [0.2, 0.25) is 0 Å². The highest BCUT2D eigenvalue weighted by molar-refractivity contribution is 5.78. The fourth-order valence-electron chi connectivity index (χ4n) is 2.33. The highest BCUT2D eigenvalue weighted by atomic mass is 19.1. The minimum atomic E-state index is -0.660. The van der Waals surface area contributed by atoms with Crippen molar-refractivity contribution in [1.82, 2.24) is 4.98 Å². The number of pyridine rings is 1. The minimum absolute atomic E-state index is 0.0974. The number of aliphatic hydroxyl groups is 1. The molecule has 0 aliphatic heterocycles. The topological polar surface area (TPSA) is 91.3 Å². The van der Waals surface area contributed by atoms with Crippen molar-refractivity contribution in [2.45, 2.75) is 6.04 Å². The van der Waals surface area contributed by atoms with E-state index >= 15 is 0 Å². The highest BCUT2D eigenvalue weighted by Crippen LogP contribution is 2.25. The van der Waals surface area contributed by atoms with E-state index in [0.29, 0.717) is 11.3 Å². The zero-order valence-electron chi connectivity index (χ0n) is 12.5. The Kier molecular flexibility index (Phi) is 4.35. The number of benzene rings is 1. The SMILES string of the molecule is O=c1c(Nc2ccncc2)c(NC(CO)c2ccc(F)cc2)c1=O. The molecular formula is C17H14FN3O3. The Labute approximate surface area is 136 Å². The summed E-state index contributed by atoms with van der Waals surface area (Å²) in [5.41, 5.74) is 0.147. The van der Waals surface area contributed by atoms with E-state index in [9.17, 15) is 19.1 Å². The summed E-state index contributed by atoms with van der Waals surface area (Å²) in [6, 6.07) is 8.21. The van der Waals surface area contributed by atoms with E-state index in [-0.39, 0.29) is 18.0 Å². The van der Waals surface area contributed by atoms with Crippen LogP contribution in [0.25, 0.3) is 0 Å². The highest BCUT2D eigenvalue weighted by Gasteiger charge is 2.24. The van der Waals surface area contributed by atoms with Crippen LogP contribution in [0, 0.1) is 5.82 Å². The number of aromatic nitrogens is 1. The van der Waals surface area contributed by atoms with Crippen LogP contribution >= 0.6 is 0 Å². The summed E-state index contributed by atoms with van der Waals surface area (Å²) in [5.74, 6) is -0.399. The van der Waals surface area contributed by atoms with Gasteiger partial charge in [0.05, 0.1) is 12.6 Å². The Morgan fingerprint density at radius 2 is 1.62 bits per heavy atom. The van der Waals surface area contributed by atoms with Crippen LogP contribution in [-0.2, 0) is 0 Å². The second-order valence-corrected chi connectivity index (χ2v) is 5.20. The van der Waals surface area contributed by atoms with Gasteiger partial charge in [-0.3, -0.25) is 14.6 Å². The molecule has 7 heteroatoms. The number of halogens is 1. The van der Waals surface area contributed by atoms with Crippen molar-refractivity contribution >= 4 is 17.1 Å². The molecule has 0 radical (unpaired) electrons. The number of aliphatic hydroxyl groups excluding tert-OH is 1. The van der Waals surface area contributed by atoms with Crippen molar-refractivity contribution in [1.29, 1.82) is 0 Å². The van der Waals surface area contributed by atoms with Crippen LogP contribution < -0.4 is 21.5 Å². The maximum Gasteiger partial charge on any atom is 0.253 e. The lowest BCUT2D eigenvalue weighted by molar-refractivity contribution is 0.276. The fourth-order valence-corrected chi connectivity index (χ4v) is 2.33. The van der Waals surface area contributed by atoms with Gasteiger partial charge in [0.15, 0.2) is 0 Å². The predicted octanol–water partition coefficient (Wildman–Crippen LogP) is 1.71. The lowest BCUT2D eigenvalue weighted by atomic mass is 10.1. The van der Waals surface area contributed by atoms with Crippen molar-refractivity contribution in [2.24, 2.45) is 0 Å². The van der Waals surface area contributed by atoms with Gasteiger partial charge in [-0.1, -0.05) is 12.1 Å². The molecule has 0 spiro atoms. The first kappa shape index (κ1) is 15.8. The molecule has 24 heavy (non-hydrogen) atoms. The predicted molar refractivity (Wildman–Crippen MR) is 88.7 cm³/mol. The normalized spacial score (nSPS) is 12.1. The fraction of sp³-hybridized carbons (Fsp3) is 0.118. The quantitative estimate of drug-likeness (QED) is 0.597. The average molecular weight is 327 g/mol. The number of nitrogens with one attached hydrogen (secondary N) is 2. The first-order valence-electron chi connectivity index (χ1n) is 7.23. The zero-order chi connectivity index (χ0) is 17.1. The molecule has 0 amide bonds. The van der Waals surface area contributed by atoms with E-state index in [4.69, 9.17) is 0 Å². The number of hydrogen-bond acceptors (Lipinski definition) is 6. The van der Waals surface area contributed by atoms with Crippen molar-refractivity contribution in [3.05, 3.63) is 80.6 Å². The van der Waals surface area contributed by atoms with Crippen molar-refractivity contribution in [3.63, 3.8) is 0 Å². The summed E-state index contributed by atoms with van der Waals surface area (Å²) in [5, 5.41) is 15.3. The van der Waals surface area contributed by atoms with Crippen LogP contribution in [0.3, 0.4) is 0 Å². The lowest BCUT2D eigenvalue weighted by Gasteiger charge is -2.21. The summed E-state index contributed by atoms with van der Waals surface area (Å²) in [4.78, 5) is 27.5. The van der Waals surface area contributed by atoms with E-state index in [1.54, 1.807) is 24.5 Å². The van der Waals surface area contributed by atoms with Crippen LogP contribution in [-0.4, -0.2) is 16.7 Å². The van der Waals surface area contributed by atoms with Crippen LogP contribution in [0.5, 0.6) is 0 Å². The molecule has 6 nitrogen and oxygen atoms in total. The summed E-state index contributed by atoms with van der Waals surface area (Å²) in [6.45, 7) is -0.320. The first-order chi connectivity index (χ1) is 11.6. The summed E-state index contributed by atoms with van der Waals surface area (Å²) in [7, 11) is 0. The molecule has 1 unspecified atom stereocenters. The Bertz CT molecular complexity index is 903. The largest absolute Gasteiger partial charge is 0.394 e. The summed E-state index contributed by atoms with van der Waals surface area (Å²) >= 11 is 0. The number of anilines is 3. The molecule has 0 aliphatic carbocycles. The van der Waals surface area contributed by atoms with Gasteiger partial charge in [-0.2, -0.15) is 0 Å². The Morgan fingerprint density at radius 3 is 2.25 bits per heavy atom. The standard InChI is InChI=1S/C17H14FN3O3/c18-11-3-1-10(2-4-11)13(9-22)21-15-14(16(23)17(15)24)20-12-5-7-19-8-6-12/h1-8,13,21-22H,9H2,(H,19,20). The molecule has 1 heterocycles. The first-order valence-corrected chi connectivity index (χ1v) is 7.23.